The van der Waals surface area contributed by atoms with E-state index in [1.54, 1.807) is 42.5 Å². The van der Waals surface area contributed by atoms with Crippen LogP contribution in [0, 0.1) is 11.3 Å². The van der Waals surface area contributed by atoms with E-state index in [-0.39, 0.29) is 18.2 Å². The van der Waals surface area contributed by atoms with E-state index in [2.05, 4.69) is 10.6 Å². The van der Waals surface area contributed by atoms with E-state index in [1.807, 2.05) is 0 Å². The van der Waals surface area contributed by atoms with Crippen molar-refractivity contribution in [2.75, 3.05) is 5.32 Å². The Morgan fingerprint density at radius 2 is 1.75 bits per heavy atom. The Morgan fingerprint density at radius 3 is 2.38 bits per heavy atom. The van der Waals surface area contributed by atoms with Crippen LogP contribution in [0.2, 0.25) is 10.0 Å². The van der Waals surface area contributed by atoms with E-state index in [4.69, 9.17) is 28.5 Å². The van der Waals surface area contributed by atoms with Gasteiger partial charge in [0, 0.05) is 17.8 Å². The van der Waals surface area contributed by atoms with Crippen molar-refractivity contribution in [2.24, 2.45) is 0 Å². The molecule has 0 fully saturated rings. The van der Waals surface area contributed by atoms with Gasteiger partial charge in [-0.25, -0.2) is 0 Å². The highest BCUT2D eigenvalue weighted by Crippen LogP contribution is 2.22. The lowest BCUT2D eigenvalue weighted by atomic mass is 10.1. The summed E-state index contributed by atoms with van der Waals surface area (Å²) in [6, 6.07) is 13.4. The molecule has 2 amide bonds. The fraction of sp³-hybridized carbons (Fsp3) is 0.118. The minimum atomic E-state index is -0.363. The highest BCUT2D eigenvalue weighted by molar-refractivity contribution is 6.42. The molecule has 0 radical (unpaired) electrons. The van der Waals surface area contributed by atoms with Gasteiger partial charge in [0.25, 0.3) is 5.91 Å². The van der Waals surface area contributed by atoms with Crippen LogP contribution < -0.4 is 10.6 Å². The van der Waals surface area contributed by atoms with Gasteiger partial charge in [-0.05, 0) is 35.9 Å². The van der Waals surface area contributed by atoms with Crippen LogP contribution in [0.5, 0.6) is 0 Å². The molecule has 0 heterocycles. The Labute approximate surface area is 149 Å². The number of halogens is 2. The van der Waals surface area contributed by atoms with Crippen LogP contribution in [0.15, 0.2) is 42.5 Å². The Balaban J connectivity index is 1.92. The maximum Gasteiger partial charge on any atom is 0.251 e. The van der Waals surface area contributed by atoms with Gasteiger partial charge in [-0.15, -0.1) is 0 Å². The maximum atomic E-state index is 12.1. The normalized spacial score (nSPS) is 9.88. The molecule has 0 aliphatic rings. The van der Waals surface area contributed by atoms with Gasteiger partial charge in [-0.2, -0.15) is 5.26 Å². The number of amides is 2. The summed E-state index contributed by atoms with van der Waals surface area (Å²) in [5.74, 6) is -0.627. The zero-order valence-electron chi connectivity index (χ0n) is 12.5. The standard InChI is InChI=1S/C17H13Cl2N3O2/c18-14-6-3-12(9-15(14)19)17(24)21-10-11-1-4-13(5-2-11)22-16(23)7-8-20/h1-6,9H,7,10H2,(H,21,24)(H,22,23). The van der Waals surface area contributed by atoms with Gasteiger partial charge < -0.3 is 10.6 Å². The van der Waals surface area contributed by atoms with Crippen molar-refractivity contribution in [2.45, 2.75) is 13.0 Å². The highest BCUT2D eigenvalue weighted by Gasteiger charge is 2.08. The number of carbonyl (C=O) groups excluding carboxylic acids is 2. The number of rotatable bonds is 5. The molecule has 2 aromatic rings. The molecule has 5 nitrogen and oxygen atoms in total. The monoisotopic (exact) mass is 361 g/mol. The number of nitriles is 1. The SMILES string of the molecule is N#CCC(=O)Nc1ccc(CNC(=O)c2ccc(Cl)c(Cl)c2)cc1. The van der Waals surface area contributed by atoms with Crippen LogP contribution in [0.3, 0.4) is 0 Å². The lowest BCUT2D eigenvalue weighted by Crippen LogP contribution is -2.22. The van der Waals surface area contributed by atoms with E-state index in [0.717, 1.165) is 5.56 Å². The number of benzene rings is 2. The van der Waals surface area contributed by atoms with Gasteiger partial charge in [0.05, 0.1) is 16.1 Å². The van der Waals surface area contributed by atoms with Crippen molar-refractivity contribution >= 4 is 40.7 Å². The van der Waals surface area contributed by atoms with Crippen molar-refractivity contribution < 1.29 is 9.59 Å². The summed E-state index contributed by atoms with van der Waals surface area (Å²) in [4.78, 5) is 23.4. The average Bonchev–Trinajstić information content (AvgIpc) is 2.56. The van der Waals surface area contributed by atoms with E-state index in [1.165, 1.54) is 6.07 Å². The predicted molar refractivity (Wildman–Crippen MR) is 92.9 cm³/mol. The van der Waals surface area contributed by atoms with E-state index in [0.29, 0.717) is 27.8 Å². The van der Waals surface area contributed by atoms with Crippen molar-refractivity contribution in [3.63, 3.8) is 0 Å². The Kier molecular flexibility index (Phi) is 6.19. The summed E-state index contributed by atoms with van der Waals surface area (Å²) in [5.41, 5.74) is 1.88. The summed E-state index contributed by atoms with van der Waals surface area (Å²) in [6.07, 6.45) is -0.193. The van der Waals surface area contributed by atoms with Gasteiger partial charge in [0.15, 0.2) is 0 Å². The van der Waals surface area contributed by atoms with Gasteiger partial charge in [0.2, 0.25) is 5.91 Å². The van der Waals surface area contributed by atoms with Crippen LogP contribution in [-0.2, 0) is 11.3 Å². The quantitative estimate of drug-likeness (QED) is 0.849. The fourth-order valence-corrected chi connectivity index (χ4v) is 2.20. The predicted octanol–water partition coefficient (Wildman–Crippen LogP) is 3.78. The van der Waals surface area contributed by atoms with Crippen LogP contribution in [0.25, 0.3) is 0 Å². The Bertz CT molecular complexity index is 798. The molecule has 0 aliphatic heterocycles. The van der Waals surface area contributed by atoms with Gasteiger partial charge in [0.1, 0.15) is 6.42 Å². The summed E-state index contributed by atoms with van der Waals surface area (Å²) in [6.45, 7) is 0.325. The number of carbonyl (C=O) groups is 2. The number of nitrogens with one attached hydrogen (secondary N) is 2. The number of hydrogen-bond donors (Lipinski definition) is 2. The van der Waals surface area contributed by atoms with E-state index in [9.17, 15) is 9.59 Å². The van der Waals surface area contributed by atoms with Crippen LogP contribution in [-0.4, -0.2) is 11.8 Å². The molecular formula is C17H13Cl2N3O2. The topological polar surface area (TPSA) is 82.0 Å². The first-order chi connectivity index (χ1) is 11.5. The number of nitrogens with zero attached hydrogens (tertiary/aromatic N) is 1. The Morgan fingerprint density at radius 1 is 1.04 bits per heavy atom. The molecule has 0 saturated heterocycles. The second kappa shape index (κ2) is 8.34. The summed E-state index contributed by atoms with van der Waals surface area (Å²) < 4.78 is 0. The molecule has 2 aromatic carbocycles. The molecule has 0 unspecified atom stereocenters. The molecule has 0 aliphatic carbocycles. The first kappa shape index (κ1) is 17.8. The largest absolute Gasteiger partial charge is 0.348 e. The van der Waals surface area contributed by atoms with Crippen molar-refractivity contribution in [1.82, 2.24) is 5.32 Å². The molecule has 0 spiro atoms. The van der Waals surface area contributed by atoms with Crippen LogP contribution in [0.4, 0.5) is 5.69 Å². The molecule has 0 aromatic heterocycles. The number of anilines is 1. The lowest BCUT2D eigenvalue weighted by molar-refractivity contribution is -0.115. The zero-order chi connectivity index (χ0) is 17.5. The minimum absolute atomic E-state index is 0.193. The van der Waals surface area contributed by atoms with Gasteiger partial charge in [-0.3, -0.25) is 9.59 Å². The zero-order valence-corrected chi connectivity index (χ0v) is 14.0. The highest BCUT2D eigenvalue weighted by atomic mass is 35.5. The first-order valence-corrected chi connectivity index (χ1v) is 7.74. The Hall–Kier alpha value is -2.55. The molecular weight excluding hydrogens is 349 g/mol. The molecule has 2 N–H and O–H groups in total. The summed E-state index contributed by atoms with van der Waals surface area (Å²) in [7, 11) is 0. The van der Waals surface area contributed by atoms with Gasteiger partial charge >= 0.3 is 0 Å². The maximum absolute atomic E-state index is 12.1. The minimum Gasteiger partial charge on any atom is -0.348 e. The smallest absolute Gasteiger partial charge is 0.251 e. The van der Waals surface area contributed by atoms with E-state index < -0.39 is 0 Å². The lowest BCUT2D eigenvalue weighted by Gasteiger charge is -2.08. The molecule has 2 rings (SSSR count). The first-order valence-electron chi connectivity index (χ1n) is 6.98. The second-order valence-electron chi connectivity index (χ2n) is 4.89. The van der Waals surface area contributed by atoms with Gasteiger partial charge in [-0.1, -0.05) is 35.3 Å². The summed E-state index contributed by atoms with van der Waals surface area (Å²) >= 11 is 11.7. The summed E-state index contributed by atoms with van der Waals surface area (Å²) in [5, 5.41) is 14.5. The van der Waals surface area contributed by atoms with Crippen molar-refractivity contribution in [3.8, 4) is 6.07 Å². The molecule has 0 saturated carbocycles. The molecule has 24 heavy (non-hydrogen) atoms. The third-order valence-corrected chi connectivity index (χ3v) is 3.85. The average molecular weight is 362 g/mol. The molecule has 7 heteroatoms. The van der Waals surface area contributed by atoms with Crippen molar-refractivity contribution in [1.29, 1.82) is 5.26 Å². The molecule has 122 valence electrons. The second-order valence-corrected chi connectivity index (χ2v) is 5.71. The number of hydrogen-bond acceptors (Lipinski definition) is 3. The third kappa shape index (κ3) is 4.98. The molecule has 0 bridgehead atoms. The third-order valence-electron chi connectivity index (χ3n) is 3.11. The fourth-order valence-electron chi connectivity index (χ4n) is 1.90. The van der Waals surface area contributed by atoms with Crippen LogP contribution >= 0.6 is 23.2 Å². The van der Waals surface area contributed by atoms with Crippen LogP contribution in [0.1, 0.15) is 22.3 Å². The molecule has 0 atom stereocenters. The van der Waals surface area contributed by atoms with Crippen molar-refractivity contribution in [3.05, 3.63) is 63.6 Å². The van der Waals surface area contributed by atoms with E-state index >= 15 is 0 Å².